The van der Waals surface area contributed by atoms with E-state index in [0.29, 0.717) is 22.6 Å². The number of nitrogens with one attached hydrogen (secondary N) is 2. The van der Waals surface area contributed by atoms with E-state index in [1.54, 1.807) is 36.4 Å². The fourth-order valence-corrected chi connectivity index (χ4v) is 3.61. The van der Waals surface area contributed by atoms with E-state index in [9.17, 15) is 18.8 Å². The molecular formula is C26H22FN3O3. The van der Waals surface area contributed by atoms with Crippen LogP contribution in [0, 0.1) is 19.7 Å². The highest BCUT2D eigenvalue weighted by Gasteiger charge is 2.40. The predicted molar refractivity (Wildman–Crippen MR) is 126 cm³/mol. The summed E-state index contributed by atoms with van der Waals surface area (Å²) in [7, 11) is 0. The van der Waals surface area contributed by atoms with Gasteiger partial charge in [0, 0.05) is 18.3 Å². The van der Waals surface area contributed by atoms with Crippen molar-refractivity contribution in [3.8, 4) is 0 Å². The first kappa shape index (κ1) is 22.0. The number of hydrogen-bond donors (Lipinski definition) is 2. The molecular weight excluding hydrogens is 421 g/mol. The summed E-state index contributed by atoms with van der Waals surface area (Å²) in [4.78, 5) is 39.4. The molecule has 33 heavy (non-hydrogen) atoms. The zero-order chi connectivity index (χ0) is 23.7. The van der Waals surface area contributed by atoms with Crippen LogP contribution in [0.4, 0.5) is 21.5 Å². The van der Waals surface area contributed by atoms with Gasteiger partial charge in [-0.1, -0.05) is 18.2 Å². The molecule has 0 saturated carbocycles. The van der Waals surface area contributed by atoms with E-state index < -0.39 is 17.6 Å². The molecule has 0 atom stereocenters. The van der Waals surface area contributed by atoms with Crippen LogP contribution >= 0.6 is 0 Å². The van der Waals surface area contributed by atoms with Crippen molar-refractivity contribution in [2.45, 2.75) is 20.8 Å². The van der Waals surface area contributed by atoms with Gasteiger partial charge in [0.2, 0.25) is 5.91 Å². The third-order valence-corrected chi connectivity index (χ3v) is 5.44. The van der Waals surface area contributed by atoms with Gasteiger partial charge in [0.1, 0.15) is 11.5 Å². The largest absolute Gasteiger partial charge is 0.350 e. The highest BCUT2D eigenvalue weighted by Crippen LogP contribution is 2.34. The van der Waals surface area contributed by atoms with Crippen LogP contribution in [-0.2, 0) is 14.4 Å². The van der Waals surface area contributed by atoms with Crippen molar-refractivity contribution in [1.29, 1.82) is 0 Å². The molecule has 4 rings (SSSR count). The summed E-state index contributed by atoms with van der Waals surface area (Å²) in [5, 5.41) is 5.68. The average Bonchev–Trinajstić information content (AvgIpc) is 3.01. The molecule has 6 nitrogen and oxygen atoms in total. The zero-order valence-corrected chi connectivity index (χ0v) is 18.4. The molecule has 1 aliphatic heterocycles. The third kappa shape index (κ3) is 4.39. The van der Waals surface area contributed by atoms with Gasteiger partial charge in [-0.05, 0) is 79.1 Å². The molecule has 0 unspecified atom stereocenters. The quantitative estimate of drug-likeness (QED) is 0.556. The van der Waals surface area contributed by atoms with Gasteiger partial charge < -0.3 is 10.6 Å². The molecule has 2 N–H and O–H groups in total. The maximum absolute atomic E-state index is 13.5. The Morgan fingerprint density at radius 1 is 0.818 bits per heavy atom. The monoisotopic (exact) mass is 443 g/mol. The van der Waals surface area contributed by atoms with Gasteiger partial charge in [-0.2, -0.15) is 0 Å². The van der Waals surface area contributed by atoms with Gasteiger partial charge in [-0.25, -0.2) is 9.29 Å². The first-order valence-corrected chi connectivity index (χ1v) is 10.4. The van der Waals surface area contributed by atoms with Crippen LogP contribution in [0.3, 0.4) is 0 Å². The topological polar surface area (TPSA) is 78.5 Å². The fourth-order valence-electron chi connectivity index (χ4n) is 3.61. The molecule has 0 bridgehead atoms. The lowest BCUT2D eigenvalue weighted by atomic mass is 10.0. The maximum Gasteiger partial charge on any atom is 0.282 e. The summed E-state index contributed by atoms with van der Waals surface area (Å²) in [5.74, 6) is -1.60. The van der Waals surface area contributed by atoms with Gasteiger partial charge in [-0.3, -0.25) is 14.4 Å². The maximum atomic E-state index is 13.5. The number of rotatable bonds is 5. The standard InChI is InChI=1S/C26H22FN3O3/c1-15-4-13-22(14-16(15)2)30-25(32)23(18-5-9-20(10-6-18)28-17(3)31)24(26(30)33)29-21-11-7-19(27)8-12-21/h4-14,29H,1-3H3,(H,28,31). The number of nitrogens with zero attached hydrogens (tertiary/aromatic N) is 1. The number of aryl methyl sites for hydroxylation is 2. The van der Waals surface area contributed by atoms with Crippen molar-refractivity contribution in [1.82, 2.24) is 0 Å². The molecule has 1 aliphatic rings. The average molecular weight is 443 g/mol. The van der Waals surface area contributed by atoms with Crippen molar-refractivity contribution in [3.05, 3.63) is 94.9 Å². The van der Waals surface area contributed by atoms with Crippen LogP contribution in [0.5, 0.6) is 0 Å². The summed E-state index contributed by atoms with van der Waals surface area (Å²) >= 11 is 0. The number of carbonyl (C=O) groups excluding carboxylic acids is 3. The predicted octanol–water partition coefficient (Wildman–Crippen LogP) is 4.80. The molecule has 3 amide bonds. The van der Waals surface area contributed by atoms with Gasteiger partial charge in [0.15, 0.2) is 0 Å². The second-order valence-electron chi connectivity index (χ2n) is 7.85. The Hall–Kier alpha value is -4.26. The molecule has 7 heteroatoms. The zero-order valence-electron chi connectivity index (χ0n) is 18.4. The summed E-state index contributed by atoms with van der Waals surface area (Å²) < 4.78 is 13.4. The van der Waals surface area contributed by atoms with E-state index in [1.165, 1.54) is 31.2 Å². The molecule has 3 aromatic rings. The first-order valence-electron chi connectivity index (χ1n) is 10.4. The third-order valence-electron chi connectivity index (χ3n) is 5.44. The second-order valence-corrected chi connectivity index (χ2v) is 7.85. The van der Waals surface area contributed by atoms with E-state index in [4.69, 9.17) is 0 Å². The van der Waals surface area contributed by atoms with Gasteiger partial charge in [0.25, 0.3) is 11.8 Å². The number of amides is 3. The van der Waals surface area contributed by atoms with E-state index in [0.717, 1.165) is 16.0 Å². The molecule has 0 aromatic heterocycles. The molecule has 0 spiro atoms. The highest BCUT2D eigenvalue weighted by molar-refractivity contribution is 6.46. The van der Waals surface area contributed by atoms with Gasteiger partial charge >= 0.3 is 0 Å². The smallest absolute Gasteiger partial charge is 0.282 e. The number of benzene rings is 3. The summed E-state index contributed by atoms with van der Waals surface area (Å²) in [5.41, 5.74) is 4.31. The van der Waals surface area contributed by atoms with Crippen LogP contribution in [0.1, 0.15) is 23.6 Å². The number of imide groups is 1. The molecule has 3 aromatic carbocycles. The van der Waals surface area contributed by atoms with E-state index in [1.807, 2.05) is 19.9 Å². The fraction of sp³-hybridized carbons (Fsp3) is 0.115. The molecule has 1 heterocycles. The highest BCUT2D eigenvalue weighted by atomic mass is 19.1. The van der Waals surface area contributed by atoms with E-state index in [-0.39, 0.29) is 17.2 Å². The first-order chi connectivity index (χ1) is 15.7. The van der Waals surface area contributed by atoms with Crippen molar-refractivity contribution in [2.24, 2.45) is 0 Å². The van der Waals surface area contributed by atoms with Crippen molar-refractivity contribution in [2.75, 3.05) is 15.5 Å². The Kier molecular flexibility index (Phi) is 5.79. The lowest BCUT2D eigenvalue weighted by Crippen LogP contribution is -2.32. The minimum atomic E-state index is -0.506. The SMILES string of the molecule is CC(=O)Nc1ccc(C2=C(Nc3ccc(F)cc3)C(=O)N(c3ccc(C)c(C)c3)C2=O)cc1. The van der Waals surface area contributed by atoms with Crippen molar-refractivity contribution in [3.63, 3.8) is 0 Å². The van der Waals surface area contributed by atoms with Crippen LogP contribution in [0.2, 0.25) is 0 Å². The Labute approximate surface area is 190 Å². The Morgan fingerprint density at radius 3 is 2.06 bits per heavy atom. The minimum Gasteiger partial charge on any atom is -0.350 e. The number of halogens is 1. The Bertz CT molecular complexity index is 1300. The van der Waals surface area contributed by atoms with Gasteiger partial charge in [-0.15, -0.1) is 0 Å². The summed E-state index contributed by atoms with van der Waals surface area (Å²) in [6.45, 7) is 5.27. The molecule has 0 fully saturated rings. The van der Waals surface area contributed by atoms with Crippen LogP contribution < -0.4 is 15.5 Å². The van der Waals surface area contributed by atoms with Crippen LogP contribution in [0.25, 0.3) is 5.57 Å². The normalized spacial score (nSPS) is 13.5. The summed E-state index contributed by atoms with van der Waals surface area (Å²) in [6, 6.07) is 17.6. The molecule has 0 saturated heterocycles. The van der Waals surface area contributed by atoms with Crippen LogP contribution in [0.15, 0.2) is 72.4 Å². The lowest BCUT2D eigenvalue weighted by Gasteiger charge is -2.17. The molecule has 0 aliphatic carbocycles. The Morgan fingerprint density at radius 2 is 1.45 bits per heavy atom. The number of carbonyl (C=O) groups is 3. The molecule has 166 valence electrons. The lowest BCUT2D eigenvalue weighted by molar-refractivity contribution is -0.120. The van der Waals surface area contributed by atoms with Crippen molar-refractivity contribution < 1.29 is 18.8 Å². The minimum absolute atomic E-state index is 0.0945. The number of anilines is 3. The van der Waals surface area contributed by atoms with Crippen LogP contribution in [-0.4, -0.2) is 17.7 Å². The van der Waals surface area contributed by atoms with E-state index in [2.05, 4.69) is 10.6 Å². The van der Waals surface area contributed by atoms with E-state index >= 15 is 0 Å². The number of hydrogen-bond acceptors (Lipinski definition) is 4. The Balaban J connectivity index is 1.79. The molecule has 0 radical (unpaired) electrons. The van der Waals surface area contributed by atoms with Gasteiger partial charge in [0.05, 0.1) is 11.3 Å². The second kappa shape index (κ2) is 8.70. The van der Waals surface area contributed by atoms with Crippen molar-refractivity contribution >= 4 is 40.4 Å². The summed E-state index contributed by atoms with van der Waals surface area (Å²) in [6.07, 6.45) is 0.